The molecule has 0 saturated carbocycles. The number of aliphatic hydroxyl groups is 2. The number of unbranched alkanes of at least 4 members (excludes halogenated alkanes) is 59. The van der Waals surface area contributed by atoms with Crippen LogP contribution < -0.4 is 5.32 Å². The van der Waals surface area contributed by atoms with Gasteiger partial charge >= 0.3 is 5.97 Å². The number of carbonyl (C=O) groups excluding carboxylic acids is 2. The molecule has 0 radical (unpaired) electrons. The van der Waals surface area contributed by atoms with E-state index in [2.05, 4.69) is 43.5 Å². The molecule has 2 atom stereocenters. The minimum atomic E-state index is -0.664. The molecule has 0 aliphatic heterocycles. The largest absolute Gasteiger partial charge is 0.466 e. The van der Waals surface area contributed by atoms with Crippen LogP contribution in [-0.2, 0) is 14.3 Å². The molecule has 0 saturated heterocycles. The fraction of sp³-hybridized carbons (Fsp3) is 0.924. The van der Waals surface area contributed by atoms with Gasteiger partial charge in [0.1, 0.15) is 0 Å². The Morgan fingerprint density at radius 1 is 0.318 bits per heavy atom. The smallest absolute Gasteiger partial charge is 0.305 e. The molecule has 1 amide bonds. The van der Waals surface area contributed by atoms with Crippen molar-refractivity contribution in [1.82, 2.24) is 5.32 Å². The Morgan fingerprint density at radius 2 is 0.565 bits per heavy atom. The lowest BCUT2D eigenvalue weighted by Gasteiger charge is -2.22. The van der Waals surface area contributed by atoms with Crippen molar-refractivity contribution in [2.75, 3.05) is 13.2 Å². The molecule has 0 spiro atoms. The number of aliphatic hydroxyl groups excluding tert-OH is 2. The van der Waals surface area contributed by atoms with Gasteiger partial charge in [0.05, 0.1) is 25.4 Å². The minimum absolute atomic E-state index is 0.00790. The second-order valence-electron chi connectivity index (χ2n) is 27.0. The summed E-state index contributed by atoms with van der Waals surface area (Å²) in [6.45, 7) is 4.96. The Bertz CT molecular complexity index is 1330. The number of hydrogen-bond acceptors (Lipinski definition) is 5. The predicted octanol–water partition coefficient (Wildman–Crippen LogP) is 25.7. The van der Waals surface area contributed by atoms with Crippen LogP contribution in [0.4, 0.5) is 0 Å². The van der Waals surface area contributed by atoms with Crippen molar-refractivity contribution in [3.63, 3.8) is 0 Å². The van der Waals surface area contributed by atoms with Crippen LogP contribution in [0.5, 0.6) is 0 Å². The number of allylic oxidation sites excluding steroid dienone is 4. The van der Waals surface area contributed by atoms with Crippen LogP contribution in [0, 0.1) is 0 Å². The molecule has 504 valence electrons. The fourth-order valence-electron chi connectivity index (χ4n) is 12.5. The van der Waals surface area contributed by atoms with Gasteiger partial charge in [-0.2, -0.15) is 0 Å². The standard InChI is InChI=1S/C79H153NO5/c1-3-5-7-9-11-13-15-16-17-18-19-20-21-30-33-36-39-42-45-48-52-55-59-63-67-71-77(82)76(75-81)80-78(83)72-68-64-60-56-53-49-46-43-40-37-34-31-28-26-24-22-23-25-27-29-32-35-38-41-44-47-50-54-58-62-66-70-74-85-79(84)73-69-65-61-57-51-14-12-10-8-6-4-2/h10,12,25,27,76-77,81-82H,3-9,11,13-24,26,28-75H2,1-2H3,(H,80,83)/b12-10-,27-25-. The summed E-state index contributed by atoms with van der Waals surface area (Å²) < 4.78 is 5.47. The van der Waals surface area contributed by atoms with Gasteiger partial charge in [-0.05, 0) is 70.6 Å². The van der Waals surface area contributed by atoms with Crippen molar-refractivity contribution >= 4 is 11.9 Å². The van der Waals surface area contributed by atoms with E-state index in [1.54, 1.807) is 0 Å². The Morgan fingerprint density at radius 3 is 0.871 bits per heavy atom. The summed E-state index contributed by atoms with van der Waals surface area (Å²) in [5.41, 5.74) is 0. The molecule has 0 aromatic heterocycles. The molecule has 2 unspecified atom stereocenters. The lowest BCUT2D eigenvalue weighted by molar-refractivity contribution is -0.143. The van der Waals surface area contributed by atoms with Gasteiger partial charge in [-0.1, -0.05) is 385 Å². The van der Waals surface area contributed by atoms with E-state index in [4.69, 9.17) is 4.74 Å². The third-order valence-corrected chi connectivity index (χ3v) is 18.5. The molecule has 0 aromatic rings. The van der Waals surface area contributed by atoms with Gasteiger partial charge in [0.2, 0.25) is 5.91 Å². The zero-order valence-electron chi connectivity index (χ0n) is 57.9. The summed E-state index contributed by atoms with van der Waals surface area (Å²) in [5, 5.41) is 23.5. The summed E-state index contributed by atoms with van der Waals surface area (Å²) in [7, 11) is 0. The molecule has 0 heterocycles. The SMILES string of the molecule is CCCC/C=C\CCCCCCCC(=O)OCCCCCCCCCCCCCC/C=C\CCCCCCCCCCCCCCCCCCC(=O)NC(CO)C(O)CCCCCCCCCCCCCCCCCCCCCCCCCCC. The summed E-state index contributed by atoms with van der Waals surface area (Å²) in [6.07, 6.45) is 95.6. The summed E-state index contributed by atoms with van der Waals surface area (Å²) in [6, 6.07) is -0.541. The van der Waals surface area contributed by atoms with E-state index in [1.165, 1.54) is 366 Å². The maximum Gasteiger partial charge on any atom is 0.305 e. The zero-order valence-corrected chi connectivity index (χ0v) is 57.9. The molecule has 0 bridgehead atoms. The highest BCUT2D eigenvalue weighted by Gasteiger charge is 2.20. The quantitative estimate of drug-likeness (QED) is 0.0320. The monoisotopic (exact) mass is 1200 g/mol. The highest BCUT2D eigenvalue weighted by atomic mass is 16.5. The van der Waals surface area contributed by atoms with E-state index < -0.39 is 12.1 Å². The highest BCUT2D eigenvalue weighted by Crippen LogP contribution is 2.20. The average Bonchev–Trinajstić information content (AvgIpc) is 3.54. The molecule has 0 fully saturated rings. The molecule has 0 aliphatic carbocycles. The van der Waals surface area contributed by atoms with Gasteiger partial charge in [-0.25, -0.2) is 0 Å². The third-order valence-electron chi connectivity index (χ3n) is 18.5. The van der Waals surface area contributed by atoms with Crippen LogP contribution in [0.2, 0.25) is 0 Å². The van der Waals surface area contributed by atoms with Crippen molar-refractivity contribution in [3.8, 4) is 0 Å². The van der Waals surface area contributed by atoms with Gasteiger partial charge in [-0.15, -0.1) is 0 Å². The number of ether oxygens (including phenoxy) is 1. The lowest BCUT2D eigenvalue weighted by Crippen LogP contribution is -2.45. The third kappa shape index (κ3) is 71.3. The molecule has 0 rings (SSSR count). The van der Waals surface area contributed by atoms with Crippen LogP contribution in [0.3, 0.4) is 0 Å². The summed E-state index contributed by atoms with van der Waals surface area (Å²) in [5.74, 6) is -0.0186. The topological polar surface area (TPSA) is 95.9 Å². The number of hydrogen-bond donors (Lipinski definition) is 3. The van der Waals surface area contributed by atoms with Gasteiger partial charge in [0.25, 0.3) is 0 Å². The van der Waals surface area contributed by atoms with Crippen LogP contribution in [0.1, 0.15) is 444 Å². The van der Waals surface area contributed by atoms with Crippen LogP contribution >= 0.6 is 0 Å². The van der Waals surface area contributed by atoms with Crippen LogP contribution in [0.15, 0.2) is 24.3 Å². The average molecular weight is 1200 g/mol. The Balaban J connectivity index is 3.36. The molecule has 6 heteroatoms. The second kappa shape index (κ2) is 74.8. The van der Waals surface area contributed by atoms with Crippen molar-refractivity contribution in [3.05, 3.63) is 24.3 Å². The van der Waals surface area contributed by atoms with E-state index in [1.807, 2.05) is 0 Å². The Hall–Kier alpha value is -1.66. The fourth-order valence-corrected chi connectivity index (χ4v) is 12.5. The molecule has 3 N–H and O–H groups in total. The van der Waals surface area contributed by atoms with Crippen LogP contribution in [-0.4, -0.2) is 47.4 Å². The first kappa shape index (κ1) is 83.3. The molecule has 0 aliphatic rings. The van der Waals surface area contributed by atoms with Crippen molar-refractivity contribution in [1.29, 1.82) is 0 Å². The van der Waals surface area contributed by atoms with E-state index in [0.717, 1.165) is 44.9 Å². The first-order valence-electron chi connectivity index (χ1n) is 39.1. The first-order chi connectivity index (χ1) is 42.0. The van der Waals surface area contributed by atoms with Crippen LogP contribution in [0.25, 0.3) is 0 Å². The van der Waals surface area contributed by atoms with Crippen molar-refractivity contribution < 1.29 is 24.5 Å². The number of amides is 1. The number of nitrogens with one attached hydrogen (secondary N) is 1. The van der Waals surface area contributed by atoms with Crippen molar-refractivity contribution in [2.45, 2.75) is 456 Å². The van der Waals surface area contributed by atoms with Crippen molar-refractivity contribution in [2.24, 2.45) is 0 Å². The Kier molecular flexibility index (Phi) is 73.3. The maximum atomic E-state index is 12.6. The van der Waals surface area contributed by atoms with E-state index >= 15 is 0 Å². The highest BCUT2D eigenvalue weighted by molar-refractivity contribution is 5.76. The normalized spacial score (nSPS) is 12.6. The number of esters is 1. The van der Waals surface area contributed by atoms with Gasteiger partial charge in [0.15, 0.2) is 0 Å². The van der Waals surface area contributed by atoms with E-state index in [9.17, 15) is 19.8 Å². The molecular formula is C79H153NO5. The predicted molar refractivity (Wildman–Crippen MR) is 375 cm³/mol. The first-order valence-corrected chi connectivity index (χ1v) is 39.1. The van der Waals surface area contributed by atoms with Gasteiger partial charge in [-0.3, -0.25) is 9.59 Å². The molecule has 0 aromatic carbocycles. The maximum absolute atomic E-state index is 12.6. The van der Waals surface area contributed by atoms with E-state index in [0.29, 0.717) is 25.9 Å². The lowest BCUT2D eigenvalue weighted by atomic mass is 10.0. The second-order valence-corrected chi connectivity index (χ2v) is 27.0. The Labute approximate surface area is 532 Å². The molecule has 85 heavy (non-hydrogen) atoms. The number of carbonyl (C=O) groups is 2. The summed E-state index contributed by atoms with van der Waals surface area (Å²) >= 11 is 0. The molecule has 6 nitrogen and oxygen atoms in total. The minimum Gasteiger partial charge on any atom is -0.466 e. The van der Waals surface area contributed by atoms with Gasteiger partial charge in [0, 0.05) is 12.8 Å². The number of rotatable bonds is 74. The summed E-state index contributed by atoms with van der Waals surface area (Å²) in [4.78, 5) is 24.6. The molecular weight excluding hydrogens is 1040 g/mol. The van der Waals surface area contributed by atoms with Gasteiger partial charge < -0.3 is 20.3 Å². The zero-order chi connectivity index (χ0) is 61.3. The van der Waals surface area contributed by atoms with E-state index in [-0.39, 0.29) is 18.5 Å².